The van der Waals surface area contributed by atoms with E-state index < -0.39 is 0 Å². The second-order valence-corrected chi connectivity index (χ2v) is 10.8. The molecular formula is C32H48N2O6. The highest BCUT2D eigenvalue weighted by Crippen LogP contribution is 2.36. The molecule has 1 fully saturated rings. The van der Waals surface area contributed by atoms with E-state index in [9.17, 15) is 5.11 Å². The summed E-state index contributed by atoms with van der Waals surface area (Å²) >= 11 is 0. The summed E-state index contributed by atoms with van der Waals surface area (Å²) in [4.78, 5) is 2.38. The fourth-order valence-electron chi connectivity index (χ4n) is 5.82. The van der Waals surface area contributed by atoms with Gasteiger partial charge >= 0.3 is 0 Å². The zero-order valence-corrected chi connectivity index (χ0v) is 24.5. The smallest absolute Gasteiger partial charge is 0.142 e. The van der Waals surface area contributed by atoms with Gasteiger partial charge in [0.25, 0.3) is 0 Å². The molecule has 2 heterocycles. The van der Waals surface area contributed by atoms with Crippen LogP contribution in [0.3, 0.4) is 0 Å². The van der Waals surface area contributed by atoms with Crippen LogP contribution in [0.15, 0.2) is 42.5 Å². The lowest BCUT2D eigenvalue weighted by atomic mass is 9.77. The number of benzene rings is 2. The quantitative estimate of drug-likeness (QED) is 0.299. The Morgan fingerprint density at radius 1 is 1.10 bits per heavy atom. The molecule has 0 bridgehead atoms. The monoisotopic (exact) mass is 556 g/mol. The average molecular weight is 557 g/mol. The number of aliphatic hydroxyl groups is 1. The van der Waals surface area contributed by atoms with Crippen LogP contribution in [-0.4, -0.2) is 83.6 Å². The van der Waals surface area contributed by atoms with Gasteiger partial charge in [-0.1, -0.05) is 30.3 Å². The number of anilines is 1. The normalized spacial score (nSPS) is 21.6. The van der Waals surface area contributed by atoms with Gasteiger partial charge in [0.2, 0.25) is 0 Å². The Labute approximate surface area is 239 Å². The van der Waals surface area contributed by atoms with Crippen LogP contribution in [0.25, 0.3) is 0 Å². The van der Waals surface area contributed by atoms with E-state index in [2.05, 4.69) is 52.7 Å². The van der Waals surface area contributed by atoms with Gasteiger partial charge in [0, 0.05) is 45.9 Å². The summed E-state index contributed by atoms with van der Waals surface area (Å²) in [6, 6.07) is 15.1. The summed E-state index contributed by atoms with van der Waals surface area (Å²) in [5, 5.41) is 13.3. The Morgan fingerprint density at radius 3 is 2.70 bits per heavy atom. The van der Waals surface area contributed by atoms with Gasteiger partial charge in [0.05, 0.1) is 44.3 Å². The molecular weight excluding hydrogens is 508 g/mol. The number of piperidine rings is 1. The van der Waals surface area contributed by atoms with Crippen molar-refractivity contribution < 1.29 is 28.8 Å². The van der Waals surface area contributed by atoms with Crippen molar-refractivity contribution in [2.24, 2.45) is 5.92 Å². The minimum absolute atomic E-state index is 0.00419. The van der Waals surface area contributed by atoms with Crippen LogP contribution in [0.1, 0.15) is 49.3 Å². The lowest BCUT2D eigenvalue weighted by molar-refractivity contribution is -0.00969. The zero-order chi connectivity index (χ0) is 28.2. The van der Waals surface area contributed by atoms with Crippen molar-refractivity contribution in [3.05, 3.63) is 59.2 Å². The Bertz CT molecular complexity index is 1000. The van der Waals surface area contributed by atoms with E-state index in [-0.39, 0.29) is 24.7 Å². The third-order valence-corrected chi connectivity index (χ3v) is 7.82. The number of nitrogens with zero attached hydrogens (tertiary/aromatic N) is 1. The molecule has 1 saturated heterocycles. The van der Waals surface area contributed by atoms with Gasteiger partial charge in [-0.05, 0) is 68.0 Å². The fraction of sp³-hybridized carbons (Fsp3) is 0.625. The number of ether oxygens (including phenoxy) is 5. The number of aliphatic hydroxyl groups excluding tert-OH is 1. The summed E-state index contributed by atoms with van der Waals surface area (Å²) in [6.45, 7) is 11.5. The molecule has 2 N–H and O–H groups in total. The molecule has 40 heavy (non-hydrogen) atoms. The molecule has 0 spiro atoms. The summed E-state index contributed by atoms with van der Waals surface area (Å²) in [7, 11) is 1.75. The Morgan fingerprint density at radius 2 is 1.93 bits per heavy atom. The van der Waals surface area contributed by atoms with Gasteiger partial charge in [0.15, 0.2) is 0 Å². The van der Waals surface area contributed by atoms with Crippen molar-refractivity contribution in [3.8, 4) is 5.75 Å². The first-order valence-electron chi connectivity index (χ1n) is 14.8. The molecule has 2 aliphatic heterocycles. The molecule has 0 amide bonds. The number of hydrogen-bond acceptors (Lipinski definition) is 8. The number of hydrogen-bond donors (Lipinski definition) is 2. The highest BCUT2D eigenvalue weighted by molar-refractivity contribution is 5.61. The SMILES string of the molecule is CCO[C@H](C)COCc1ccc([C@H]2[C@H](CCO)CNC[C@@H]2OCc2ccc3c(c2)N(CCCOC)CCO3)cc1. The van der Waals surface area contributed by atoms with Crippen LogP contribution >= 0.6 is 0 Å². The fourth-order valence-corrected chi connectivity index (χ4v) is 5.82. The number of fused-ring (bicyclic) bond motifs is 1. The van der Waals surface area contributed by atoms with E-state index >= 15 is 0 Å². The first kappa shape index (κ1) is 30.8. The van der Waals surface area contributed by atoms with Crippen LogP contribution in [0.2, 0.25) is 0 Å². The molecule has 8 heteroatoms. The van der Waals surface area contributed by atoms with E-state index in [1.54, 1.807) is 7.11 Å². The Kier molecular flexibility index (Phi) is 12.5. The lowest BCUT2D eigenvalue weighted by Gasteiger charge is -2.39. The summed E-state index contributed by atoms with van der Waals surface area (Å²) < 4.78 is 29.2. The van der Waals surface area contributed by atoms with Crippen molar-refractivity contribution in [2.75, 3.05) is 71.2 Å². The molecule has 0 radical (unpaired) electrons. The van der Waals surface area contributed by atoms with Crippen LogP contribution in [0.5, 0.6) is 5.75 Å². The molecule has 2 aliphatic rings. The average Bonchev–Trinajstić information content (AvgIpc) is 2.97. The molecule has 0 aliphatic carbocycles. The van der Waals surface area contributed by atoms with Crippen LogP contribution < -0.4 is 15.0 Å². The van der Waals surface area contributed by atoms with Crippen LogP contribution in [-0.2, 0) is 32.2 Å². The van der Waals surface area contributed by atoms with Gasteiger partial charge in [-0.2, -0.15) is 0 Å². The van der Waals surface area contributed by atoms with E-state index in [0.717, 1.165) is 68.2 Å². The van der Waals surface area contributed by atoms with Crippen molar-refractivity contribution in [1.82, 2.24) is 5.32 Å². The Balaban J connectivity index is 1.41. The van der Waals surface area contributed by atoms with Crippen molar-refractivity contribution in [1.29, 1.82) is 0 Å². The maximum absolute atomic E-state index is 9.80. The summed E-state index contributed by atoms with van der Waals surface area (Å²) in [5.41, 5.74) is 4.66. The van der Waals surface area contributed by atoms with Crippen molar-refractivity contribution in [3.63, 3.8) is 0 Å². The topological polar surface area (TPSA) is 81.7 Å². The molecule has 2 aromatic carbocycles. The standard InChI is InChI=1S/C32H48N2O6/c1-4-38-24(2)21-37-22-25-6-9-27(10-7-25)32-28(12-15-35)19-33-20-31(32)40-23-26-8-11-30-29(18-26)34(14-17-39-30)13-5-16-36-3/h6-11,18,24,28,31-33,35H,4-5,12-17,19-23H2,1-3H3/t24-,28-,31+,32+/m1/s1. The first-order valence-corrected chi connectivity index (χ1v) is 14.8. The molecule has 222 valence electrons. The second-order valence-electron chi connectivity index (χ2n) is 10.8. The van der Waals surface area contributed by atoms with Crippen molar-refractivity contribution >= 4 is 5.69 Å². The molecule has 0 saturated carbocycles. The van der Waals surface area contributed by atoms with E-state index in [4.69, 9.17) is 23.7 Å². The molecule has 8 nitrogen and oxygen atoms in total. The maximum Gasteiger partial charge on any atom is 0.142 e. The predicted molar refractivity (Wildman–Crippen MR) is 157 cm³/mol. The Hall–Kier alpha value is -2.20. The van der Waals surface area contributed by atoms with Gasteiger partial charge < -0.3 is 39.0 Å². The minimum atomic E-state index is 0.00419. The molecule has 0 unspecified atom stereocenters. The van der Waals surface area contributed by atoms with Gasteiger partial charge in [-0.15, -0.1) is 0 Å². The molecule has 2 aromatic rings. The second kappa shape index (κ2) is 16.3. The zero-order valence-electron chi connectivity index (χ0n) is 24.5. The van der Waals surface area contributed by atoms with Gasteiger partial charge in [-0.25, -0.2) is 0 Å². The summed E-state index contributed by atoms with van der Waals surface area (Å²) in [5.74, 6) is 1.43. The maximum atomic E-state index is 9.80. The number of methoxy groups -OCH3 is 1. The van der Waals surface area contributed by atoms with E-state index in [1.807, 2.05) is 13.8 Å². The van der Waals surface area contributed by atoms with E-state index in [0.29, 0.717) is 39.0 Å². The highest BCUT2D eigenvalue weighted by atomic mass is 16.5. The highest BCUT2D eigenvalue weighted by Gasteiger charge is 2.35. The number of rotatable bonds is 16. The van der Waals surface area contributed by atoms with Crippen molar-refractivity contribution in [2.45, 2.75) is 58.0 Å². The van der Waals surface area contributed by atoms with E-state index in [1.165, 1.54) is 5.56 Å². The first-order chi connectivity index (χ1) is 19.6. The molecule has 4 rings (SSSR count). The molecule has 4 atom stereocenters. The summed E-state index contributed by atoms with van der Waals surface area (Å²) in [6.07, 6.45) is 1.82. The van der Waals surface area contributed by atoms with Gasteiger partial charge in [-0.3, -0.25) is 0 Å². The lowest BCUT2D eigenvalue weighted by Crippen LogP contribution is -2.47. The third-order valence-electron chi connectivity index (χ3n) is 7.82. The third kappa shape index (κ3) is 8.65. The van der Waals surface area contributed by atoms with Crippen LogP contribution in [0.4, 0.5) is 5.69 Å². The predicted octanol–water partition coefficient (Wildman–Crippen LogP) is 4.13. The van der Waals surface area contributed by atoms with Gasteiger partial charge in [0.1, 0.15) is 12.4 Å². The largest absolute Gasteiger partial charge is 0.490 e. The minimum Gasteiger partial charge on any atom is -0.490 e. The number of nitrogens with one attached hydrogen (secondary N) is 1. The molecule has 0 aromatic heterocycles. The van der Waals surface area contributed by atoms with Crippen LogP contribution in [0, 0.1) is 5.92 Å².